The topological polar surface area (TPSA) is 34.9 Å². The number of aryl methyl sites for hydroxylation is 2. The predicted molar refractivity (Wildman–Crippen MR) is 74.1 cm³/mol. The van der Waals surface area contributed by atoms with Gasteiger partial charge < -0.3 is 4.57 Å². The Kier molecular flexibility index (Phi) is 4.20. The van der Waals surface area contributed by atoms with Crippen molar-refractivity contribution in [3.05, 3.63) is 48.0 Å². The number of ketones is 1. The molecule has 0 unspecified atom stereocenters. The minimum atomic E-state index is 0.172. The maximum atomic E-state index is 12.0. The van der Waals surface area contributed by atoms with E-state index in [0.717, 1.165) is 11.4 Å². The van der Waals surface area contributed by atoms with E-state index in [1.54, 1.807) is 18.0 Å². The SMILES string of the molecule is CSc1ccc(C(=O)CCc2nccn2C)cc1. The van der Waals surface area contributed by atoms with E-state index in [0.29, 0.717) is 12.8 Å². The summed E-state index contributed by atoms with van der Waals surface area (Å²) in [6.45, 7) is 0. The molecule has 0 aliphatic rings. The van der Waals surface area contributed by atoms with Crippen LogP contribution in [0, 0.1) is 0 Å². The summed E-state index contributed by atoms with van der Waals surface area (Å²) in [5.41, 5.74) is 0.780. The Morgan fingerprint density at radius 1 is 1.33 bits per heavy atom. The van der Waals surface area contributed by atoms with E-state index in [4.69, 9.17) is 0 Å². The summed E-state index contributed by atoms with van der Waals surface area (Å²) in [6.07, 6.45) is 6.87. The molecule has 0 spiro atoms. The fraction of sp³-hybridized carbons (Fsp3) is 0.286. The molecular formula is C14H16N2OS. The molecule has 2 rings (SSSR count). The Labute approximate surface area is 111 Å². The minimum Gasteiger partial charge on any atom is -0.338 e. The zero-order chi connectivity index (χ0) is 13.0. The van der Waals surface area contributed by atoms with Gasteiger partial charge in [0.2, 0.25) is 0 Å². The van der Waals surface area contributed by atoms with Crippen molar-refractivity contribution in [1.82, 2.24) is 9.55 Å². The summed E-state index contributed by atoms with van der Waals surface area (Å²) in [7, 11) is 1.94. The molecule has 1 aromatic carbocycles. The lowest BCUT2D eigenvalue weighted by Gasteiger charge is -2.03. The van der Waals surface area contributed by atoms with Gasteiger partial charge in [0.15, 0.2) is 5.78 Å². The van der Waals surface area contributed by atoms with Gasteiger partial charge in [0.1, 0.15) is 5.82 Å². The first-order valence-corrected chi connectivity index (χ1v) is 7.06. The molecule has 0 saturated heterocycles. The second-order valence-corrected chi connectivity index (χ2v) is 4.99. The zero-order valence-corrected chi connectivity index (χ0v) is 11.4. The number of nitrogens with zero attached hydrogens (tertiary/aromatic N) is 2. The summed E-state index contributed by atoms with van der Waals surface area (Å²) in [5.74, 6) is 1.12. The predicted octanol–water partition coefficient (Wildman–Crippen LogP) is 2.96. The van der Waals surface area contributed by atoms with Gasteiger partial charge in [-0.1, -0.05) is 12.1 Å². The molecule has 0 saturated carbocycles. The third-order valence-electron chi connectivity index (χ3n) is 2.91. The highest BCUT2D eigenvalue weighted by molar-refractivity contribution is 7.98. The number of hydrogen-bond acceptors (Lipinski definition) is 3. The molecule has 3 nitrogen and oxygen atoms in total. The van der Waals surface area contributed by atoms with Crippen LogP contribution < -0.4 is 0 Å². The van der Waals surface area contributed by atoms with Crippen LogP contribution in [-0.4, -0.2) is 21.6 Å². The van der Waals surface area contributed by atoms with Crippen LogP contribution >= 0.6 is 11.8 Å². The molecule has 18 heavy (non-hydrogen) atoms. The van der Waals surface area contributed by atoms with Crippen molar-refractivity contribution in [2.75, 3.05) is 6.26 Å². The first-order valence-electron chi connectivity index (χ1n) is 5.84. The van der Waals surface area contributed by atoms with Crippen molar-refractivity contribution in [1.29, 1.82) is 0 Å². The molecule has 1 heterocycles. The minimum absolute atomic E-state index is 0.172. The summed E-state index contributed by atoms with van der Waals surface area (Å²) in [4.78, 5) is 17.4. The Hall–Kier alpha value is -1.55. The molecule has 0 N–H and O–H groups in total. The van der Waals surface area contributed by atoms with E-state index in [1.165, 1.54) is 4.90 Å². The fourth-order valence-corrected chi connectivity index (χ4v) is 2.19. The van der Waals surface area contributed by atoms with Crippen LogP contribution in [0.1, 0.15) is 22.6 Å². The number of carbonyl (C=O) groups excluding carboxylic acids is 1. The molecule has 1 aromatic heterocycles. The van der Waals surface area contributed by atoms with Gasteiger partial charge in [0.05, 0.1) is 0 Å². The number of rotatable bonds is 5. The Morgan fingerprint density at radius 3 is 2.61 bits per heavy atom. The maximum Gasteiger partial charge on any atom is 0.163 e. The molecule has 94 valence electrons. The molecule has 0 aliphatic heterocycles. The summed E-state index contributed by atoms with van der Waals surface area (Å²) < 4.78 is 1.95. The van der Waals surface area contributed by atoms with E-state index in [1.807, 2.05) is 48.3 Å². The largest absolute Gasteiger partial charge is 0.338 e. The lowest BCUT2D eigenvalue weighted by atomic mass is 10.1. The van der Waals surface area contributed by atoms with Crippen LogP contribution in [0.25, 0.3) is 0 Å². The number of Topliss-reactive ketones (excluding diaryl/α,β-unsaturated/α-hetero) is 1. The van der Waals surface area contributed by atoms with Gasteiger partial charge in [0.25, 0.3) is 0 Å². The molecular weight excluding hydrogens is 244 g/mol. The maximum absolute atomic E-state index is 12.0. The first kappa shape index (κ1) is 12.9. The quantitative estimate of drug-likeness (QED) is 0.612. The van der Waals surface area contributed by atoms with Crippen LogP contribution in [0.2, 0.25) is 0 Å². The number of hydrogen-bond donors (Lipinski definition) is 0. The molecule has 0 radical (unpaired) electrons. The van der Waals surface area contributed by atoms with Gasteiger partial charge in [-0.2, -0.15) is 0 Å². The van der Waals surface area contributed by atoms with Gasteiger partial charge in [-0.3, -0.25) is 4.79 Å². The van der Waals surface area contributed by atoms with Crippen molar-refractivity contribution >= 4 is 17.5 Å². The van der Waals surface area contributed by atoms with Crippen LogP contribution in [-0.2, 0) is 13.5 Å². The lowest BCUT2D eigenvalue weighted by molar-refractivity contribution is 0.0982. The monoisotopic (exact) mass is 260 g/mol. The normalized spacial score (nSPS) is 10.6. The fourth-order valence-electron chi connectivity index (χ4n) is 1.78. The third-order valence-corrected chi connectivity index (χ3v) is 3.65. The Balaban J connectivity index is 1.97. The smallest absolute Gasteiger partial charge is 0.163 e. The number of aromatic nitrogens is 2. The summed E-state index contributed by atoms with van der Waals surface area (Å²) in [6, 6.07) is 7.76. The second kappa shape index (κ2) is 5.87. The van der Waals surface area contributed by atoms with Crippen LogP contribution in [0.3, 0.4) is 0 Å². The van der Waals surface area contributed by atoms with Crippen LogP contribution in [0.15, 0.2) is 41.6 Å². The number of carbonyl (C=O) groups is 1. The zero-order valence-electron chi connectivity index (χ0n) is 10.6. The number of benzene rings is 1. The lowest BCUT2D eigenvalue weighted by Crippen LogP contribution is -2.04. The number of imidazole rings is 1. The molecule has 0 aliphatic carbocycles. The average molecular weight is 260 g/mol. The standard InChI is InChI=1S/C14H16N2OS/c1-16-10-9-15-14(16)8-7-13(17)11-3-5-12(18-2)6-4-11/h3-6,9-10H,7-8H2,1-2H3. The van der Waals surface area contributed by atoms with E-state index >= 15 is 0 Å². The Bertz CT molecular complexity index is 531. The van der Waals surface area contributed by atoms with Crippen molar-refractivity contribution in [2.45, 2.75) is 17.7 Å². The van der Waals surface area contributed by atoms with Crippen molar-refractivity contribution in [3.8, 4) is 0 Å². The van der Waals surface area contributed by atoms with E-state index in [9.17, 15) is 4.79 Å². The molecule has 0 atom stereocenters. The molecule has 4 heteroatoms. The van der Waals surface area contributed by atoms with E-state index in [2.05, 4.69) is 4.98 Å². The first-order chi connectivity index (χ1) is 8.70. The van der Waals surface area contributed by atoms with E-state index < -0.39 is 0 Å². The molecule has 2 aromatic rings. The average Bonchev–Trinajstić information content (AvgIpc) is 2.81. The summed E-state index contributed by atoms with van der Waals surface area (Å²) in [5, 5.41) is 0. The third kappa shape index (κ3) is 3.01. The van der Waals surface area contributed by atoms with Gasteiger partial charge in [-0.05, 0) is 18.4 Å². The van der Waals surface area contributed by atoms with Gasteiger partial charge >= 0.3 is 0 Å². The van der Waals surface area contributed by atoms with Gasteiger partial charge in [-0.15, -0.1) is 11.8 Å². The van der Waals surface area contributed by atoms with Crippen molar-refractivity contribution in [2.24, 2.45) is 7.05 Å². The number of thioether (sulfide) groups is 1. The second-order valence-electron chi connectivity index (χ2n) is 4.11. The highest BCUT2D eigenvalue weighted by atomic mass is 32.2. The van der Waals surface area contributed by atoms with Gasteiger partial charge in [-0.25, -0.2) is 4.98 Å². The molecule has 0 amide bonds. The summed E-state index contributed by atoms with van der Waals surface area (Å²) >= 11 is 1.68. The van der Waals surface area contributed by atoms with Crippen LogP contribution in [0.4, 0.5) is 0 Å². The van der Waals surface area contributed by atoms with Crippen LogP contribution in [0.5, 0.6) is 0 Å². The Morgan fingerprint density at radius 2 is 2.06 bits per heavy atom. The van der Waals surface area contributed by atoms with Crippen molar-refractivity contribution in [3.63, 3.8) is 0 Å². The van der Waals surface area contributed by atoms with E-state index in [-0.39, 0.29) is 5.78 Å². The van der Waals surface area contributed by atoms with Gasteiger partial charge in [0, 0.05) is 42.7 Å². The molecule has 0 bridgehead atoms. The highest BCUT2D eigenvalue weighted by Crippen LogP contribution is 2.16. The van der Waals surface area contributed by atoms with Crippen molar-refractivity contribution < 1.29 is 4.79 Å². The highest BCUT2D eigenvalue weighted by Gasteiger charge is 2.08. The molecule has 0 fully saturated rings.